The van der Waals surface area contributed by atoms with Gasteiger partial charge in [0.05, 0.1) is 0 Å². The van der Waals surface area contributed by atoms with Gasteiger partial charge in [-0.2, -0.15) is 0 Å². The second-order valence-corrected chi connectivity index (χ2v) is 10.4. The van der Waals surface area contributed by atoms with E-state index in [1.54, 1.807) is 6.08 Å². The predicted octanol–water partition coefficient (Wildman–Crippen LogP) is -0.116. The summed E-state index contributed by atoms with van der Waals surface area (Å²) >= 11 is 0. The van der Waals surface area contributed by atoms with Crippen molar-refractivity contribution in [2.45, 2.75) is 26.8 Å². The lowest BCUT2D eigenvalue weighted by Crippen LogP contribution is -2.54. The van der Waals surface area contributed by atoms with E-state index in [9.17, 15) is 14.4 Å². The molecule has 6 nitrogen and oxygen atoms in total. The molecule has 0 fully saturated rings. The van der Waals surface area contributed by atoms with E-state index in [1.165, 1.54) is 20.8 Å². The fourth-order valence-electron chi connectivity index (χ4n) is 1.15. The molecular weight excluding hydrogens is 260 g/mol. The average Bonchev–Trinajstić information content (AvgIpc) is 2.11. The van der Waals surface area contributed by atoms with E-state index >= 15 is 0 Å². The summed E-state index contributed by atoms with van der Waals surface area (Å²) < 4.78 is 15.0. The lowest BCUT2D eigenvalue weighted by Gasteiger charge is -2.26. The van der Waals surface area contributed by atoms with Gasteiger partial charge in [0.15, 0.2) is 9.04 Å². The smallest absolute Gasteiger partial charge is 0.459 e. The van der Waals surface area contributed by atoms with Crippen molar-refractivity contribution in [3.63, 3.8) is 0 Å². The Bertz CT molecular complexity index is 287. The molecule has 0 atom stereocenters. The average molecular weight is 276 g/mol. The van der Waals surface area contributed by atoms with E-state index in [0.717, 1.165) is 0 Å². The third-order valence-electron chi connectivity index (χ3n) is 1.55. The Morgan fingerprint density at radius 3 is 1.65 bits per heavy atom. The first-order valence-corrected chi connectivity index (χ1v) is 10.1. The van der Waals surface area contributed by atoms with E-state index in [0.29, 0.717) is 6.04 Å². The number of carbonyl (C=O) groups is 3. The van der Waals surface area contributed by atoms with Gasteiger partial charge in [-0.05, 0) is 6.04 Å². The molecule has 0 N–H and O–H groups in total. The second-order valence-electron chi connectivity index (χ2n) is 3.29. The van der Waals surface area contributed by atoms with Crippen LogP contribution in [0.3, 0.4) is 0 Å². The summed E-state index contributed by atoms with van der Waals surface area (Å²) in [5.41, 5.74) is 0. The van der Waals surface area contributed by atoms with E-state index in [1.807, 2.05) is 0 Å². The van der Waals surface area contributed by atoms with Gasteiger partial charge in [0.1, 0.15) is 0 Å². The van der Waals surface area contributed by atoms with E-state index < -0.39 is 35.3 Å². The van der Waals surface area contributed by atoms with Crippen LogP contribution in [0.25, 0.3) is 0 Å². The molecule has 0 bridgehead atoms. The predicted molar refractivity (Wildman–Crippen MR) is 64.6 cm³/mol. The monoisotopic (exact) mass is 276 g/mol. The molecule has 0 aromatic rings. The van der Waals surface area contributed by atoms with Crippen molar-refractivity contribution in [1.29, 1.82) is 0 Å². The fraction of sp³-hybridized carbons (Fsp3) is 0.444. The van der Waals surface area contributed by atoms with Gasteiger partial charge in [-0.1, -0.05) is 6.08 Å². The molecular formula is C9H16O6Si2. The molecule has 0 radical (unpaired) electrons. The highest BCUT2D eigenvalue weighted by Gasteiger charge is 2.49. The molecule has 0 rings (SSSR count). The summed E-state index contributed by atoms with van der Waals surface area (Å²) in [6.07, 6.45) is 1.62. The van der Waals surface area contributed by atoms with E-state index in [2.05, 4.69) is 6.58 Å². The summed E-state index contributed by atoms with van der Waals surface area (Å²) in [6, 6.07) is 0.542. The van der Waals surface area contributed by atoms with Gasteiger partial charge in [-0.3, -0.25) is 14.4 Å². The Kier molecular flexibility index (Phi) is 6.43. The van der Waals surface area contributed by atoms with Gasteiger partial charge in [0.2, 0.25) is 0 Å². The van der Waals surface area contributed by atoms with Crippen molar-refractivity contribution in [1.82, 2.24) is 0 Å². The minimum atomic E-state index is -3.49. The van der Waals surface area contributed by atoms with Crippen LogP contribution in [0.1, 0.15) is 20.8 Å². The lowest BCUT2D eigenvalue weighted by atomic mass is 10.8. The van der Waals surface area contributed by atoms with Gasteiger partial charge in [-0.25, -0.2) is 0 Å². The molecule has 0 amide bonds. The molecule has 0 spiro atoms. The van der Waals surface area contributed by atoms with Crippen LogP contribution < -0.4 is 0 Å². The molecule has 0 saturated carbocycles. The molecule has 0 aliphatic rings. The molecule has 0 aromatic heterocycles. The van der Waals surface area contributed by atoms with Gasteiger partial charge < -0.3 is 13.3 Å². The van der Waals surface area contributed by atoms with Gasteiger partial charge in [0.25, 0.3) is 17.9 Å². The maximum Gasteiger partial charge on any atom is 0.654 e. The van der Waals surface area contributed by atoms with E-state index in [4.69, 9.17) is 13.3 Å². The molecule has 0 aliphatic heterocycles. The molecule has 8 heteroatoms. The number of hydrogen-bond acceptors (Lipinski definition) is 6. The molecule has 17 heavy (non-hydrogen) atoms. The SMILES string of the molecule is C=CC[SiH2][Si](OC(C)=O)(OC(C)=O)OC(C)=O. The quantitative estimate of drug-likeness (QED) is 0.497. The summed E-state index contributed by atoms with van der Waals surface area (Å²) in [5.74, 6) is -1.89. The summed E-state index contributed by atoms with van der Waals surface area (Å²) in [7, 11) is -4.71. The fourth-order valence-corrected chi connectivity index (χ4v) is 7.88. The maximum atomic E-state index is 11.0. The van der Waals surface area contributed by atoms with Crippen molar-refractivity contribution in [2.24, 2.45) is 0 Å². The van der Waals surface area contributed by atoms with Crippen LogP contribution >= 0.6 is 0 Å². The molecule has 96 valence electrons. The second kappa shape index (κ2) is 7.02. The van der Waals surface area contributed by atoms with Crippen LogP contribution in [-0.2, 0) is 27.7 Å². The van der Waals surface area contributed by atoms with Crippen LogP contribution in [0.15, 0.2) is 12.7 Å². The van der Waals surface area contributed by atoms with Crippen LogP contribution in [0.2, 0.25) is 6.04 Å². The Morgan fingerprint density at radius 2 is 1.41 bits per heavy atom. The van der Waals surface area contributed by atoms with Crippen molar-refractivity contribution >= 4 is 35.3 Å². The van der Waals surface area contributed by atoms with Gasteiger partial charge >= 0.3 is 8.32 Å². The molecule has 0 aromatic carbocycles. The number of hydrogen-bond donors (Lipinski definition) is 0. The van der Waals surface area contributed by atoms with Crippen LogP contribution in [0.4, 0.5) is 0 Å². The topological polar surface area (TPSA) is 78.9 Å². The first kappa shape index (κ1) is 15.6. The Labute approximate surface area is 103 Å². The summed E-state index contributed by atoms with van der Waals surface area (Å²) in [5, 5.41) is 0. The maximum absolute atomic E-state index is 11.0. The Hall–Kier alpha value is -1.42. The number of rotatable bonds is 6. The Morgan fingerprint density at radius 1 is 1.06 bits per heavy atom. The third kappa shape index (κ3) is 6.69. The van der Waals surface area contributed by atoms with Crippen molar-refractivity contribution in [3.8, 4) is 0 Å². The highest BCUT2D eigenvalue weighted by molar-refractivity contribution is 7.16. The number of carbonyl (C=O) groups excluding carboxylic acids is 3. The summed E-state index contributed by atoms with van der Waals surface area (Å²) in [4.78, 5) is 33.0. The Balaban J connectivity index is 5.01. The summed E-state index contributed by atoms with van der Waals surface area (Å²) in [6.45, 7) is 7.07. The zero-order valence-electron chi connectivity index (χ0n) is 10.1. The third-order valence-corrected chi connectivity index (χ3v) is 8.66. The number of allylic oxidation sites excluding steroid dienone is 1. The highest BCUT2D eigenvalue weighted by atomic mass is 29.2. The first-order chi connectivity index (χ1) is 7.81. The molecule has 0 unspecified atom stereocenters. The molecule has 0 aliphatic carbocycles. The van der Waals surface area contributed by atoms with Crippen molar-refractivity contribution in [3.05, 3.63) is 12.7 Å². The van der Waals surface area contributed by atoms with Gasteiger partial charge in [-0.15, -0.1) is 6.58 Å². The normalized spacial score (nSPS) is 11.0. The zero-order valence-corrected chi connectivity index (χ0v) is 12.6. The minimum absolute atomic E-state index is 0.542. The molecule has 0 saturated heterocycles. The van der Waals surface area contributed by atoms with Crippen LogP contribution in [-0.4, -0.2) is 35.3 Å². The van der Waals surface area contributed by atoms with Crippen molar-refractivity contribution < 1.29 is 27.7 Å². The lowest BCUT2D eigenvalue weighted by molar-refractivity contribution is -0.146. The van der Waals surface area contributed by atoms with E-state index in [-0.39, 0.29) is 0 Å². The minimum Gasteiger partial charge on any atom is -0.459 e. The van der Waals surface area contributed by atoms with Crippen LogP contribution in [0, 0.1) is 0 Å². The van der Waals surface area contributed by atoms with Gasteiger partial charge in [0, 0.05) is 20.8 Å². The standard InChI is InChI=1S/C9H16O6Si2/c1-5-6-16-17(13-7(2)10,14-8(3)11)15-9(4)12/h5H,1,6,16H2,2-4H3. The molecule has 0 heterocycles. The highest BCUT2D eigenvalue weighted by Crippen LogP contribution is 2.12. The van der Waals surface area contributed by atoms with Crippen LogP contribution in [0.5, 0.6) is 0 Å². The largest absolute Gasteiger partial charge is 0.654 e. The van der Waals surface area contributed by atoms with Crippen molar-refractivity contribution in [2.75, 3.05) is 0 Å². The first-order valence-electron chi connectivity index (χ1n) is 5.01. The zero-order chi connectivity index (χ0) is 13.5.